The second-order valence-corrected chi connectivity index (χ2v) is 6.68. The molecule has 1 fully saturated rings. The molecule has 1 heterocycles. The van der Waals surface area contributed by atoms with E-state index < -0.39 is 36.2 Å². The zero-order valence-corrected chi connectivity index (χ0v) is 15.7. The molecule has 146 valence electrons. The maximum absolute atomic E-state index is 15.3. The van der Waals surface area contributed by atoms with Crippen LogP contribution in [0.15, 0.2) is 17.1 Å². The van der Waals surface area contributed by atoms with Gasteiger partial charge in [0.1, 0.15) is 11.6 Å². The van der Waals surface area contributed by atoms with Gasteiger partial charge in [-0.1, -0.05) is 11.6 Å². The number of carbonyl (C=O) groups is 2. The van der Waals surface area contributed by atoms with Crippen molar-refractivity contribution in [3.05, 3.63) is 44.5 Å². The average Bonchev–Trinajstić information content (AvgIpc) is 3.49. The summed E-state index contributed by atoms with van der Waals surface area (Å²) in [6.45, 7) is 1.26. The molecule has 7 nitrogen and oxygen atoms in total. The molecule has 1 aromatic heterocycles. The van der Waals surface area contributed by atoms with Crippen LogP contribution in [0.5, 0.6) is 0 Å². The maximum Gasteiger partial charge on any atom is 0.343 e. The summed E-state index contributed by atoms with van der Waals surface area (Å²) in [7, 11) is 0. The van der Waals surface area contributed by atoms with Crippen LogP contribution in [0.2, 0.25) is 5.02 Å². The van der Waals surface area contributed by atoms with Crippen LogP contribution in [0.1, 0.15) is 41.7 Å². The number of carbonyl (C=O) groups excluding carboxylic acids is 2. The summed E-state index contributed by atoms with van der Waals surface area (Å²) in [5.74, 6) is -2.43. The Morgan fingerprint density at radius 3 is 2.71 bits per heavy atom. The van der Waals surface area contributed by atoms with Gasteiger partial charge in [0.2, 0.25) is 5.43 Å². The Labute approximate surface area is 164 Å². The molecule has 1 aromatic carbocycles. The van der Waals surface area contributed by atoms with Crippen LogP contribution in [-0.4, -0.2) is 29.7 Å². The molecule has 0 bridgehead atoms. The molecule has 9 heteroatoms. The van der Waals surface area contributed by atoms with Crippen LogP contribution in [-0.2, 0) is 20.7 Å². The number of esters is 2. The number of nitrogens with zero attached hydrogens (tertiary/aromatic N) is 2. The Bertz CT molecular complexity index is 1070. The second kappa shape index (κ2) is 7.98. The van der Waals surface area contributed by atoms with Gasteiger partial charge in [-0.15, -0.1) is 0 Å². The van der Waals surface area contributed by atoms with Gasteiger partial charge in [0.05, 0.1) is 23.9 Å². The molecule has 0 amide bonds. The van der Waals surface area contributed by atoms with Crippen molar-refractivity contribution < 1.29 is 23.5 Å². The number of hydrogen-bond acceptors (Lipinski definition) is 6. The SMILES string of the molecule is CCOC(=O)c1cn(C2CC2)c2c(F)c(CC(=O)OCC#N)c(Cl)cc2c1=O. The minimum Gasteiger partial charge on any atom is -0.462 e. The van der Waals surface area contributed by atoms with E-state index in [-0.39, 0.29) is 39.7 Å². The highest BCUT2D eigenvalue weighted by molar-refractivity contribution is 6.32. The fourth-order valence-corrected chi connectivity index (χ4v) is 3.21. The number of rotatable bonds is 6. The third-order valence-corrected chi connectivity index (χ3v) is 4.69. The topological polar surface area (TPSA) is 98.4 Å². The second-order valence-electron chi connectivity index (χ2n) is 6.27. The van der Waals surface area contributed by atoms with Crippen molar-refractivity contribution in [2.45, 2.75) is 32.2 Å². The minimum absolute atomic E-state index is 0.0203. The fourth-order valence-electron chi connectivity index (χ4n) is 2.95. The highest BCUT2D eigenvalue weighted by Crippen LogP contribution is 2.39. The number of aromatic nitrogens is 1. The molecule has 0 spiro atoms. The van der Waals surface area contributed by atoms with Crippen LogP contribution in [0.25, 0.3) is 10.9 Å². The lowest BCUT2D eigenvalue weighted by Gasteiger charge is -2.16. The Kier molecular flexibility index (Phi) is 5.66. The van der Waals surface area contributed by atoms with Crippen molar-refractivity contribution >= 4 is 34.4 Å². The number of nitriles is 1. The van der Waals surface area contributed by atoms with Crippen molar-refractivity contribution in [1.82, 2.24) is 4.57 Å². The summed E-state index contributed by atoms with van der Waals surface area (Å²) in [5, 5.41) is 8.27. The van der Waals surface area contributed by atoms with E-state index in [1.807, 2.05) is 0 Å². The van der Waals surface area contributed by atoms with Crippen LogP contribution < -0.4 is 5.43 Å². The molecule has 0 unspecified atom stereocenters. The lowest BCUT2D eigenvalue weighted by atomic mass is 10.0. The largest absolute Gasteiger partial charge is 0.462 e. The number of fused-ring (bicyclic) bond motifs is 1. The molecule has 1 aliphatic rings. The minimum atomic E-state index is -0.823. The summed E-state index contributed by atoms with van der Waals surface area (Å²) < 4.78 is 26.4. The van der Waals surface area contributed by atoms with Crippen LogP contribution in [0, 0.1) is 17.1 Å². The van der Waals surface area contributed by atoms with Gasteiger partial charge < -0.3 is 14.0 Å². The summed E-state index contributed by atoms with van der Waals surface area (Å²) >= 11 is 6.12. The third kappa shape index (κ3) is 3.71. The highest BCUT2D eigenvalue weighted by Gasteiger charge is 2.30. The predicted octanol–water partition coefficient (Wildman–Crippen LogP) is 2.91. The fraction of sp³-hybridized carbons (Fsp3) is 0.368. The first-order valence-electron chi connectivity index (χ1n) is 8.64. The Balaban J connectivity index is 2.19. The molecule has 1 saturated carbocycles. The molecular weight excluding hydrogens is 391 g/mol. The number of ether oxygens (including phenoxy) is 2. The van der Waals surface area contributed by atoms with E-state index in [2.05, 4.69) is 4.74 Å². The van der Waals surface area contributed by atoms with Crippen molar-refractivity contribution in [3.8, 4) is 6.07 Å². The molecule has 28 heavy (non-hydrogen) atoms. The number of benzene rings is 1. The lowest BCUT2D eigenvalue weighted by molar-refractivity contribution is -0.141. The number of hydrogen-bond donors (Lipinski definition) is 0. The summed E-state index contributed by atoms with van der Waals surface area (Å²) in [6, 6.07) is 2.83. The summed E-state index contributed by atoms with van der Waals surface area (Å²) in [5.41, 5.74) is -1.04. The first-order valence-corrected chi connectivity index (χ1v) is 9.02. The average molecular weight is 407 g/mol. The van der Waals surface area contributed by atoms with Gasteiger partial charge in [-0.25, -0.2) is 9.18 Å². The first kappa shape index (κ1) is 19.8. The monoisotopic (exact) mass is 406 g/mol. The van der Waals surface area contributed by atoms with Crippen molar-refractivity contribution in [3.63, 3.8) is 0 Å². The number of halogens is 2. The van der Waals surface area contributed by atoms with Gasteiger partial charge in [-0.3, -0.25) is 9.59 Å². The molecule has 1 aliphatic carbocycles. The van der Waals surface area contributed by atoms with Crippen LogP contribution in [0.3, 0.4) is 0 Å². The van der Waals surface area contributed by atoms with Crippen molar-refractivity contribution in [1.29, 1.82) is 5.26 Å². The van der Waals surface area contributed by atoms with Crippen molar-refractivity contribution in [2.24, 2.45) is 0 Å². The van der Waals surface area contributed by atoms with E-state index in [0.717, 1.165) is 12.8 Å². The molecule has 0 N–H and O–H groups in total. The molecule has 2 aromatic rings. The summed E-state index contributed by atoms with van der Waals surface area (Å²) in [6.07, 6.45) is 2.35. The van der Waals surface area contributed by atoms with Gasteiger partial charge in [0, 0.05) is 22.8 Å². The number of pyridine rings is 1. The van der Waals surface area contributed by atoms with Gasteiger partial charge in [-0.2, -0.15) is 5.26 Å². The van der Waals surface area contributed by atoms with Gasteiger partial charge in [0.15, 0.2) is 12.4 Å². The van der Waals surface area contributed by atoms with E-state index in [4.69, 9.17) is 21.6 Å². The highest BCUT2D eigenvalue weighted by atomic mass is 35.5. The molecule has 0 atom stereocenters. The van der Waals surface area contributed by atoms with Crippen LogP contribution in [0.4, 0.5) is 4.39 Å². The van der Waals surface area contributed by atoms with Gasteiger partial charge in [-0.05, 0) is 25.8 Å². The molecular formula is C19H16ClFN2O5. The lowest BCUT2D eigenvalue weighted by Crippen LogP contribution is -2.22. The van der Waals surface area contributed by atoms with E-state index in [1.54, 1.807) is 13.0 Å². The smallest absolute Gasteiger partial charge is 0.343 e. The normalized spacial score (nSPS) is 13.2. The maximum atomic E-state index is 15.3. The Hall–Kier alpha value is -2.92. The quantitative estimate of drug-likeness (QED) is 0.684. The van der Waals surface area contributed by atoms with E-state index >= 15 is 4.39 Å². The van der Waals surface area contributed by atoms with E-state index in [0.29, 0.717) is 0 Å². The zero-order valence-electron chi connectivity index (χ0n) is 15.0. The zero-order chi connectivity index (χ0) is 20.4. The van der Waals surface area contributed by atoms with Crippen LogP contribution >= 0.6 is 11.6 Å². The van der Waals surface area contributed by atoms with E-state index in [1.165, 1.54) is 16.8 Å². The third-order valence-electron chi connectivity index (χ3n) is 4.36. The predicted molar refractivity (Wildman–Crippen MR) is 97.7 cm³/mol. The van der Waals surface area contributed by atoms with Gasteiger partial charge in [0.25, 0.3) is 0 Å². The van der Waals surface area contributed by atoms with Crippen molar-refractivity contribution in [2.75, 3.05) is 13.2 Å². The molecule has 0 radical (unpaired) electrons. The molecule has 3 rings (SSSR count). The molecule has 0 aliphatic heterocycles. The summed E-state index contributed by atoms with van der Waals surface area (Å²) in [4.78, 5) is 36.7. The Morgan fingerprint density at radius 2 is 2.11 bits per heavy atom. The standard InChI is InChI=1S/C19H16ClFN2O5/c1-2-27-19(26)13-9-23(10-3-4-10)17-12(18(13)25)7-14(20)11(16(17)21)8-15(24)28-6-5-22/h7,9-10H,2-4,6,8H2,1H3. The van der Waals surface area contributed by atoms with Gasteiger partial charge >= 0.3 is 11.9 Å². The first-order chi connectivity index (χ1) is 13.4. The molecule has 0 saturated heterocycles. The van der Waals surface area contributed by atoms with E-state index in [9.17, 15) is 14.4 Å². The Morgan fingerprint density at radius 1 is 1.39 bits per heavy atom.